The van der Waals surface area contributed by atoms with Gasteiger partial charge in [-0.25, -0.2) is 4.98 Å². The highest BCUT2D eigenvalue weighted by Gasteiger charge is 2.27. The molecule has 116 valence electrons. The quantitative estimate of drug-likeness (QED) is 0.790. The molecule has 0 spiro atoms. The van der Waals surface area contributed by atoms with Crippen molar-refractivity contribution in [1.29, 1.82) is 5.26 Å². The number of hydrogen-bond donors (Lipinski definition) is 0. The maximum atomic E-state index is 12.8. The molecule has 0 saturated heterocycles. The van der Waals surface area contributed by atoms with E-state index >= 15 is 0 Å². The monoisotopic (exact) mass is 347 g/mol. The molecule has 0 unspecified atom stereocenters. The smallest absolute Gasteiger partial charge is 0.277 e. The predicted octanol–water partition coefficient (Wildman–Crippen LogP) is 3.61. The number of nitriles is 1. The molecule has 0 radical (unpaired) electrons. The zero-order valence-corrected chi connectivity index (χ0v) is 13.6. The maximum Gasteiger partial charge on any atom is 0.277 e. The normalized spacial score (nSPS) is 13.0. The van der Waals surface area contributed by atoms with Gasteiger partial charge in [0, 0.05) is 6.07 Å². The lowest BCUT2D eigenvalue weighted by Gasteiger charge is -2.29. The molecule has 7 heteroatoms. The first-order valence-electron chi connectivity index (χ1n) is 6.82. The van der Waals surface area contributed by atoms with E-state index in [9.17, 15) is 4.79 Å². The Kier molecular flexibility index (Phi) is 4.12. The van der Waals surface area contributed by atoms with Gasteiger partial charge in [0.15, 0.2) is 0 Å². The average molecular weight is 348 g/mol. The van der Waals surface area contributed by atoms with Crippen LogP contribution in [-0.4, -0.2) is 24.0 Å². The van der Waals surface area contributed by atoms with E-state index in [1.54, 1.807) is 36.1 Å². The van der Waals surface area contributed by atoms with Crippen LogP contribution < -0.4 is 9.64 Å². The van der Waals surface area contributed by atoms with Gasteiger partial charge in [-0.3, -0.25) is 4.79 Å². The maximum absolute atomic E-state index is 12.8. The summed E-state index contributed by atoms with van der Waals surface area (Å²) < 4.78 is 5.54. The highest BCUT2D eigenvalue weighted by atomic mass is 35.5. The van der Waals surface area contributed by atoms with E-state index in [-0.39, 0.29) is 11.6 Å². The number of fused-ring (bicyclic) bond motifs is 1. The summed E-state index contributed by atoms with van der Waals surface area (Å²) in [6, 6.07) is 8.36. The molecular formula is C16H11Cl2N3O2. The molecule has 1 aliphatic rings. The largest absolute Gasteiger partial charge is 0.489 e. The van der Waals surface area contributed by atoms with E-state index in [1.165, 1.54) is 0 Å². The number of halogens is 2. The molecule has 0 atom stereocenters. The molecule has 2 heterocycles. The third-order valence-electron chi connectivity index (χ3n) is 3.54. The first-order valence-corrected chi connectivity index (χ1v) is 7.58. The lowest BCUT2D eigenvalue weighted by molar-refractivity contribution is 0.0971. The molecule has 1 aromatic heterocycles. The van der Waals surface area contributed by atoms with Crippen molar-refractivity contribution < 1.29 is 9.53 Å². The third kappa shape index (κ3) is 2.83. The Morgan fingerprint density at radius 2 is 2.09 bits per heavy atom. The number of anilines is 1. The van der Waals surface area contributed by atoms with Gasteiger partial charge < -0.3 is 9.64 Å². The van der Waals surface area contributed by atoms with Crippen LogP contribution in [0.5, 0.6) is 5.75 Å². The van der Waals surface area contributed by atoms with E-state index in [0.29, 0.717) is 45.9 Å². The number of amides is 1. The number of ether oxygens (including phenoxy) is 1. The van der Waals surface area contributed by atoms with Gasteiger partial charge in [0.25, 0.3) is 5.91 Å². The Labute approximate surface area is 143 Å². The van der Waals surface area contributed by atoms with Crippen LogP contribution in [0.3, 0.4) is 0 Å². The molecule has 1 aromatic carbocycles. The molecule has 3 rings (SSSR count). The fourth-order valence-electron chi connectivity index (χ4n) is 2.36. The van der Waals surface area contributed by atoms with Gasteiger partial charge >= 0.3 is 0 Å². The summed E-state index contributed by atoms with van der Waals surface area (Å²) in [4.78, 5) is 18.5. The fourth-order valence-corrected chi connectivity index (χ4v) is 2.67. The van der Waals surface area contributed by atoms with E-state index in [2.05, 4.69) is 4.98 Å². The fraction of sp³-hybridized carbons (Fsp3) is 0.188. The highest BCUT2D eigenvalue weighted by Crippen LogP contribution is 2.38. The Morgan fingerprint density at radius 1 is 1.35 bits per heavy atom. The van der Waals surface area contributed by atoms with Gasteiger partial charge in [-0.15, -0.1) is 0 Å². The standard InChI is InChI=1S/C16H11Cl2N3O2/c1-9-10(8-19)2-3-13(20-9)16(22)21-4-5-23-15-7-12(18)11(17)6-14(15)21/h2-3,6-7H,4-5H2,1H3. The van der Waals surface area contributed by atoms with Crippen molar-refractivity contribution in [2.75, 3.05) is 18.1 Å². The Hall–Kier alpha value is -2.29. The molecular weight excluding hydrogens is 337 g/mol. The van der Waals surface area contributed by atoms with Crippen molar-refractivity contribution >= 4 is 34.8 Å². The van der Waals surface area contributed by atoms with Crippen LogP contribution in [0.2, 0.25) is 10.0 Å². The molecule has 0 aliphatic carbocycles. The molecule has 5 nitrogen and oxygen atoms in total. The summed E-state index contributed by atoms with van der Waals surface area (Å²) in [5.74, 6) is 0.227. The number of aromatic nitrogens is 1. The minimum Gasteiger partial charge on any atom is -0.489 e. The third-order valence-corrected chi connectivity index (χ3v) is 4.26. The number of pyridine rings is 1. The molecule has 0 N–H and O–H groups in total. The summed E-state index contributed by atoms with van der Waals surface area (Å²) in [5.41, 5.74) is 1.78. The minimum atomic E-state index is -0.277. The summed E-state index contributed by atoms with van der Waals surface area (Å²) in [6.45, 7) is 2.43. The zero-order chi connectivity index (χ0) is 16.6. The second-order valence-electron chi connectivity index (χ2n) is 4.98. The van der Waals surface area contributed by atoms with E-state index in [0.717, 1.165) is 0 Å². The Balaban J connectivity index is 2.01. The van der Waals surface area contributed by atoms with Crippen LogP contribution >= 0.6 is 23.2 Å². The molecule has 0 saturated carbocycles. The van der Waals surface area contributed by atoms with Crippen molar-refractivity contribution in [3.63, 3.8) is 0 Å². The van der Waals surface area contributed by atoms with Crippen LogP contribution in [-0.2, 0) is 0 Å². The highest BCUT2D eigenvalue weighted by molar-refractivity contribution is 6.42. The average Bonchev–Trinajstić information content (AvgIpc) is 2.54. The first-order chi connectivity index (χ1) is 11.0. The lowest BCUT2D eigenvalue weighted by atomic mass is 10.1. The van der Waals surface area contributed by atoms with Gasteiger partial charge in [0.05, 0.1) is 33.5 Å². The lowest BCUT2D eigenvalue weighted by Crippen LogP contribution is -2.38. The van der Waals surface area contributed by atoms with Crippen molar-refractivity contribution in [3.05, 3.63) is 51.3 Å². The predicted molar refractivity (Wildman–Crippen MR) is 87.3 cm³/mol. The van der Waals surface area contributed by atoms with Gasteiger partial charge in [-0.1, -0.05) is 23.2 Å². The first kappa shape index (κ1) is 15.6. The number of carbonyl (C=O) groups is 1. The number of hydrogen-bond acceptors (Lipinski definition) is 4. The Morgan fingerprint density at radius 3 is 2.78 bits per heavy atom. The summed E-state index contributed by atoms with van der Waals surface area (Å²) in [5, 5.41) is 9.67. The van der Waals surface area contributed by atoms with E-state index in [4.69, 9.17) is 33.2 Å². The van der Waals surface area contributed by atoms with Crippen molar-refractivity contribution in [2.45, 2.75) is 6.92 Å². The minimum absolute atomic E-state index is 0.264. The second kappa shape index (κ2) is 6.07. The number of aryl methyl sites for hydroxylation is 1. The number of benzene rings is 1. The molecule has 2 aromatic rings. The number of carbonyl (C=O) groups excluding carboxylic acids is 1. The van der Waals surface area contributed by atoms with Crippen LogP contribution in [0.25, 0.3) is 0 Å². The van der Waals surface area contributed by atoms with Gasteiger partial charge in [0.2, 0.25) is 0 Å². The molecule has 1 aliphatic heterocycles. The van der Waals surface area contributed by atoms with Crippen LogP contribution in [0.4, 0.5) is 5.69 Å². The molecule has 1 amide bonds. The van der Waals surface area contributed by atoms with Crippen LogP contribution in [0.1, 0.15) is 21.7 Å². The van der Waals surface area contributed by atoms with Gasteiger partial charge in [-0.2, -0.15) is 5.26 Å². The van der Waals surface area contributed by atoms with Crippen molar-refractivity contribution in [2.24, 2.45) is 0 Å². The van der Waals surface area contributed by atoms with Crippen molar-refractivity contribution in [3.8, 4) is 11.8 Å². The number of rotatable bonds is 1. The topological polar surface area (TPSA) is 66.2 Å². The van der Waals surface area contributed by atoms with Gasteiger partial charge in [0.1, 0.15) is 24.1 Å². The SMILES string of the molecule is Cc1nc(C(=O)N2CCOc3cc(Cl)c(Cl)cc32)ccc1C#N. The van der Waals surface area contributed by atoms with Gasteiger partial charge in [-0.05, 0) is 25.1 Å². The van der Waals surface area contributed by atoms with E-state index < -0.39 is 0 Å². The van der Waals surface area contributed by atoms with Crippen LogP contribution in [0.15, 0.2) is 24.3 Å². The Bertz CT molecular complexity index is 846. The second-order valence-corrected chi connectivity index (χ2v) is 5.79. The molecule has 0 bridgehead atoms. The summed E-state index contributed by atoms with van der Waals surface area (Å²) in [7, 11) is 0. The van der Waals surface area contributed by atoms with Crippen LogP contribution in [0, 0.1) is 18.3 Å². The zero-order valence-electron chi connectivity index (χ0n) is 12.1. The molecule has 23 heavy (non-hydrogen) atoms. The van der Waals surface area contributed by atoms with E-state index in [1.807, 2.05) is 6.07 Å². The summed E-state index contributed by atoms with van der Waals surface area (Å²) >= 11 is 12.0. The van der Waals surface area contributed by atoms with Crippen molar-refractivity contribution in [1.82, 2.24) is 4.98 Å². The number of nitrogens with zero attached hydrogens (tertiary/aromatic N) is 3. The molecule has 0 fully saturated rings. The summed E-state index contributed by atoms with van der Waals surface area (Å²) in [6.07, 6.45) is 0.